The first kappa shape index (κ1) is 10.4. The molecule has 0 aromatic rings. The van der Waals surface area contributed by atoms with Crippen molar-refractivity contribution in [1.82, 2.24) is 0 Å². The van der Waals surface area contributed by atoms with Crippen LogP contribution in [-0.2, 0) is 4.79 Å². The molecule has 0 saturated heterocycles. The van der Waals surface area contributed by atoms with Gasteiger partial charge in [-0.3, -0.25) is 4.79 Å². The van der Waals surface area contributed by atoms with Gasteiger partial charge >= 0.3 is 0 Å². The lowest BCUT2D eigenvalue weighted by molar-refractivity contribution is -0.105. The summed E-state index contributed by atoms with van der Waals surface area (Å²) in [4.78, 5) is 10.3. The van der Waals surface area contributed by atoms with Gasteiger partial charge < -0.3 is 0 Å². The second-order valence-corrected chi connectivity index (χ2v) is 3.22. The van der Waals surface area contributed by atoms with Gasteiger partial charge in [0.05, 0.1) is 0 Å². The van der Waals surface area contributed by atoms with E-state index in [1.54, 1.807) is 0 Å². The van der Waals surface area contributed by atoms with Gasteiger partial charge in [0.15, 0.2) is 0 Å². The van der Waals surface area contributed by atoms with Crippen molar-refractivity contribution in [3.05, 3.63) is 11.6 Å². The summed E-state index contributed by atoms with van der Waals surface area (Å²) in [7, 11) is 0. The lowest BCUT2D eigenvalue weighted by Crippen LogP contribution is -1.87. The average molecular weight is 154 g/mol. The van der Waals surface area contributed by atoms with Crippen LogP contribution in [0.5, 0.6) is 0 Å². The predicted octanol–water partition coefficient (Wildman–Crippen LogP) is 2.96. The zero-order valence-corrected chi connectivity index (χ0v) is 7.76. The van der Waals surface area contributed by atoms with Crippen molar-refractivity contribution in [2.75, 3.05) is 0 Å². The normalized spacial score (nSPS) is 12.2. The van der Waals surface area contributed by atoms with Crippen LogP contribution in [0, 0.1) is 5.92 Å². The molecular weight excluding hydrogens is 136 g/mol. The molecule has 0 atom stereocenters. The number of rotatable bonds is 5. The Morgan fingerprint density at radius 1 is 1.45 bits per heavy atom. The highest BCUT2D eigenvalue weighted by atomic mass is 16.1. The number of carbonyl (C=O) groups is 1. The number of aldehydes is 1. The maximum atomic E-state index is 10.3. The van der Waals surface area contributed by atoms with E-state index in [4.69, 9.17) is 0 Å². The van der Waals surface area contributed by atoms with Gasteiger partial charge in [0, 0.05) is 0 Å². The summed E-state index contributed by atoms with van der Waals surface area (Å²) >= 11 is 0. The first-order chi connectivity index (χ1) is 5.20. The maximum absolute atomic E-state index is 10.3. The van der Waals surface area contributed by atoms with E-state index in [1.807, 2.05) is 13.0 Å². The highest BCUT2D eigenvalue weighted by molar-refractivity contribution is 5.72. The molecule has 1 heteroatoms. The van der Waals surface area contributed by atoms with Crippen LogP contribution in [0.15, 0.2) is 11.6 Å². The maximum Gasteiger partial charge on any atom is 0.145 e. The van der Waals surface area contributed by atoms with Crippen LogP contribution >= 0.6 is 0 Å². The van der Waals surface area contributed by atoms with Crippen LogP contribution in [0.2, 0.25) is 0 Å². The number of allylic oxidation sites excluding steroid dienone is 2. The molecule has 64 valence electrons. The van der Waals surface area contributed by atoms with Crippen LogP contribution in [-0.4, -0.2) is 6.29 Å². The van der Waals surface area contributed by atoms with Crippen molar-refractivity contribution < 1.29 is 4.79 Å². The summed E-state index contributed by atoms with van der Waals surface area (Å²) in [6.07, 6.45) is 6.09. The van der Waals surface area contributed by atoms with Crippen molar-refractivity contribution in [2.45, 2.75) is 40.0 Å². The van der Waals surface area contributed by atoms with Crippen molar-refractivity contribution in [1.29, 1.82) is 0 Å². The molecule has 0 unspecified atom stereocenters. The first-order valence-electron chi connectivity index (χ1n) is 4.34. The summed E-state index contributed by atoms with van der Waals surface area (Å²) in [5.74, 6) is 0.732. The number of hydrogen-bond donors (Lipinski definition) is 0. The minimum atomic E-state index is 0.732. The monoisotopic (exact) mass is 154 g/mol. The summed E-state index contributed by atoms with van der Waals surface area (Å²) in [6, 6.07) is 0. The summed E-state index contributed by atoms with van der Waals surface area (Å²) in [5, 5.41) is 0. The van der Waals surface area contributed by atoms with Crippen molar-refractivity contribution in [3.63, 3.8) is 0 Å². The molecule has 1 nitrogen and oxygen atoms in total. The third kappa shape index (κ3) is 5.84. The van der Waals surface area contributed by atoms with Crippen molar-refractivity contribution in [3.8, 4) is 0 Å². The quantitative estimate of drug-likeness (QED) is 0.439. The zero-order chi connectivity index (χ0) is 8.69. The van der Waals surface area contributed by atoms with Crippen LogP contribution in [0.25, 0.3) is 0 Å². The molecule has 0 rings (SSSR count). The van der Waals surface area contributed by atoms with Crippen LogP contribution < -0.4 is 0 Å². The molecule has 0 aliphatic carbocycles. The van der Waals surface area contributed by atoms with Crippen LogP contribution in [0.3, 0.4) is 0 Å². The van der Waals surface area contributed by atoms with Crippen LogP contribution in [0.1, 0.15) is 40.0 Å². The molecule has 0 aromatic carbocycles. The fourth-order valence-corrected chi connectivity index (χ4v) is 0.878. The van der Waals surface area contributed by atoms with Gasteiger partial charge in [0.25, 0.3) is 0 Å². The Labute approximate surface area is 69.5 Å². The minimum absolute atomic E-state index is 0.732. The Morgan fingerprint density at radius 3 is 2.45 bits per heavy atom. The Morgan fingerprint density at radius 2 is 2.09 bits per heavy atom. The average Bonchev–Trinajstić information content (AvgIpc) is 1.98. The lowest BCUT2D eigenvalue weighted by Gasteiger charge is -2.00. The number of carbonyl (C=O) groups excluding carboxylic acids is 1. The van der Waals surface area contributed by atoms with E-state index in [1.165, 1.54) is 6.42 Å². The SMILES string of the molecule is CCC(C=O)=CCCC(C)C. The van der Waals surface area contributed by atoms with E-state index in [0.717, 1.165) is 30.6 Å². The fraction of sp³-hybridized carbons (Fsp3) is 0.700. The molecule has 0 N–H and O–H groups in total. The highest BCUT2D eigenvalue weighted by Gasteiger charge is 1.93. The van der Waals surface area contributed by atoms with Gasteiger partial charge in [0.2, 0.25) is 0 Å². The van der Waals surface area contributed by atoms with Crippen molar-refractivity contribution >= 4 is 6.29 Å². The molecule has 0 amide bonds. The largest absolute Gasteiger partial charge is 0.298 e. The standard InChI is InChI=1S/C10H18O/c1-4-10(8-11)7-5-6-9(2)3/h7-9H,4-6H2,1-3H3. The van der Waals surface area contributed by atoms with Crippen molar-refractivity contribution in [2.24, 2.45) is 5.92 Å². The molecule has 0 saturated carbocycles. The van der Waals surface area contributed by atoms with Gasteiger partial charge in [-0.2, -0.15) is 0 Å². The molecule has 0 aliphatic rings. The highest BCUT2D eigenvalue weighted by Crippen LogP contribution is 2.06. The topological polar surface area (TPSA) is 17.1 Å². The second kappa shape index (κ2) is 6.14. The summed E-state index contributed by atoms with van der Waals surface area (Å²) < 4.78 is 0. The molecule has 0 spiro atoms. The molecule has 0 radical (unpaired) electrons. The third-order valence-electron chi connectivity index (χ3n) is 1.71. The Kier molecular flexibility index (Phi) is 5.81. The van der Waals surface area contributed by atoms with E-state index in [0.29, 0.717) is 0 Å². The molecule has 0 heterocycles. The molecular formula is C10H18O. The molecule has 0 bridgehead atoms. The zero-order valence-electron chi connectivity index (χ0n) is 7.76. The predicted molar refractivity (Wildman–Crippen MR) is 48.5 cm³/mol. The number of hydrogen-bond acceptors (Lipinski definition) is 1. The van der Waals surface area contributed by atoms with Gasteiger partial charge in [-0.1, -0.05) is 26.8 Å². The Bertz CT molecular complexity index is 134. The van der Waals surface area contributed by atoms with Gasteiger partial charge in [-0.05, 0) is 30.8 Å². The summed E-state index contributed by atoms with van der Waals surface area (Å²) in [6.45, 7) is 6.40. The van der Waals surface area contributed by atoms with E-state index in [2.05, 4.69) is 13.8 Å². The van der Waals surface area contributed by atoms with Gasteiger partial charge in [0.1, 0.15) is 6.29 Å². The first-order valence-corrected chi connectivity index (χ1v) is 4.34. The van der Waals surface area contributed by atoms with Gasteiger partial charge in [-0.25, -0.2) is 0 Å². The lowest BCUT2D eigenvalue weighted by atomic mass is 10.1. The van der Waals surface area contributed by atoms with E-state index < -0.39 is 0 Å². The fourth-order valence-electron chi connectivity index (χ4n) is 0.878. The van der Waals surface area contributed by atoms with E-state index in [9.17, 15) is 4.79 Å². The van der Waals surface area contributed by atoms with E-state index >= 15 is 0 Å². The van der Waals surface area contributed by atoms with E-state index in [-0.39, 0.29) is 0 Å². The third-order valence-corrected chi connectivity index (χ3v) is 1.71. The molecule has 0 aliphatic heterocycles. The second-order valence-electron chi connectivity index (χ2n) is 3.22. The molecule has 0 aromatic heterocycles. The molecule has 11 heavy (non-hydrogen) atoms. The minimum Gasteiger partial charge on any atom is -0.298 e. The Hall–Kier alpha value is -0.590. The molecule has 0 fully saturated rings. The summed E-state index contributed by atoms with van der Waals surface area (Å²) in [5.41, 5.74) is 0.936. The van der Waals surface area contributed by atoms with Crippen LogP contribution in [0.4, 0.5) is 0 Å². The Balaban J connectivity index is 3.61. The van der Waals surface area contributed by atoms with Gasteiger partial charge in [-0.15, -0.1) is 0 Å². The smallest absolute Gasteiger partial charge is 0.145 e.